The first kappa shape index (κ1) is 21.2. The molecule has 4 heteroatoms. The Morgan fingerprint density at radius 2 is 1.27 bits per heavy atom. The second kappa shape index (κ2) is 9.86. The number of benzene rings is 3. The first-order chi connectivity index (χ1) is 16.3. The average Bonchev–Trinajstić information content (AvgIpc) is 2.87. The van der Waals surface area contributed by atoms with Crippen LogP contribution in [0.25, 0.3) is 10.9 Å². The highest BCUT2D eigenvalue weighted by molar-refractivity contribution is 5.87. The number of carbonyl (C=O) groups is 1. The monoisotopic (exact) mass is 435 g/mol. The van der Waals surface area contributed by atoms with Gasteiger partial charge in [-0.25, -0.2) is 4.98 Å². The van der Waals surface area contributed by atoms with Crippen molar-refractivity contribution in [2.75, 3.05) is 5.32 Å². The highest BCUT2D eigenvalue weighted by Gasteiger charge is 2.27. The van der Waals surface area contributed by atoms with Crippen molar-refractivity contribution in [3.8, 4) is 0 Å². The number of pyridine rings is 1. The fraction of sp³-hybridized carbons (Fsp3) is 0.241. The van der Waals surface area contributed by atoms with Crippen LogP contribution in [0.1, 0.15) is 42.7 Å². The second-order valence-corrected chi connectivity index (χ2v) is 8.85. The van der Waals surface area contributed by atoms with Crippen LogP contribution in [0.15, 0.2) is 97.1 Å². The predicted molar refractivity (Wildman–Crippen MR) is 134 cm³/mol. The van der Waals surface area contributed by atoms with Crippen molar-refractivity contribution in [1.29, 1.82) is 0 Å². The summed E-state index contributed by atoms with van der Waals surface area (Å²) in [6.45, 7) is 0. The smallest absolute Gasteiger partial charge is 0.232 e. The van der Waals surface area contributed by atoms with Crippen molar-refractivity contribution in [3.05, 3.63) is 108 Å². The SMILES string of the molecule is O=C(N[C@H]1CC[C@@H](Nc2ccc3ccccc3n2)CC1)C(c1ccccc1)c1ccccc1. The maximum atomic E-state index is 13.4. The van der Waals surface area contributed by atoms with Crippen LogP contribution in [-0.2, 0) is 4.79 Å². The molecule has 1 saturated carbocycles. The molecule has 0 spiro atoms. The Hall–Kier alpha value is -3.66. The van der Waals surface area contributed by atoms with E-state index in [1.54, 1.807) is 0 Å². The maximum absolute atomic E-state index is 13.4. The lowest BCUT2D eigenvalue weighted by molar-refractivity contribution is -0.122. The molecule has 1 heterocycles. The van der Waals surface area contributed by atoms with Gasteiger partial charge in [-0.3, -0.25) is 4.79 Å². The van der Waals surface area contributed by atoms with Gasteiger partial charge in [0.05, 0.1) is 11.4 Å². The van der Waals surface area contributed by atoms with Crippen LogP contribution in [0.4, 0.5) is 5.82 Å². The lowest BCUT2D eigenvalue weighted by Gasteiger charge is -2.31. The fourth-order valence-corrected chi connectivity index (χ4v) is 4.81. The Bertz CT molecular complexity index is 1160. The van der Waals surface area contributed by atoms with E-state index < -0.39 is 0 Å². The number of amides is 1. The van der Waals surface area contributed by atoms with Crippen LogP contribution < -0.4 is 10.6 Å². The summed E-state index contributed by atoms with van der Waals surface area (Å²) < 4.78 is 0. The lowest BCUT2D eigenvalue weighted by atomic mass is 9.88. The summed E-state index contributed by atoms with van der Waals surface area (Å²) in [6.07, 6.45) is 3.96. The molecule has 33 heavy (non-hydrogen) atoms. The molecular weight excluding hydrogens is 406 g/mol. The Morgan fingerprint density at radius 3 is 1.94 bits per heavy atom. The molecule has 1 aliphatic rings. The number of anilines is 1. The van der Waals surface area contributed by atoms with Gasteiger partial charge in [-0.15, -0.1) is 0 Å². The van der Waals surface area contributed by atoms with Crippen LogP contribution in [0.2, 0.25) is 0 Å². The van der Waals surface area contributed by atoms with E-state index in [9.17, 15) is 4.79 Å². The Morgan fingerprint density at radius 1 is 0.697 bits per heavy atom. The number of carbonyl (C=O) groups excluding carboxylic acids is 1. The molecule has 0 radical (unpaired) electrons. The van der Waals surface area contributed by atoms with E-state index >= 15 is 0 Å². The molecule has 1 aromatic heterocycles. The van der Waals surface area contributed by atoms with Gasteiger partial charge in [0.2, 0.25) is 5.91 Å². The van der Waals surface area contributed by atoms with Crippen molar-refractivity contribution in [2.24, 2.45) is 0 Å². The third-order valence-electron chi connectivity index (χ3n) is 6.55. The third-order valence-corrected chi connectivity index (χ3v) is 6.55. The molecule has 0 unspecified atom stereocenters. The van der Waals surface area contributed by atoms with E-state index in [1.807, 2.05) is 78.9 Å². The molecule has 1 amide bonds. The first-order valence-corrected chi connectivity index (χ1v) is 11.8. The van der Waals surface area contributed by atoms with E-state index in [1.165, 1.54) is 0 Å². The molecule has 3 aromatic carbocycles. The minimum atomic E-state index is -0.287. The lowest BCUT2D eigenvalue weighted by Crippen LogP contribution is -2.42. The molecule has 4 nitrogen and oxygen atoms in total. The number of hydrogen-bond donors (Lipinski definition) is 2. The van der Waals surface area contributed by atoms with Gasteiger partial charge in [-0.1, -0.05) is 78.9 Å². The Labute approximate surface area is 195 Å². The van der Waals surface area contributed by atoms with Gasteiger partial charge in [-0.2, -0.15) is 0 Å². The summed E-state index contributed by atoms with van der Waals surface area (Å²) in [7, 11) is 0. The van der Waals surface area contributed by atoms with Crippen molar-refractivity contribution >= 4 is 22.6 Å². The topological polar surface area (TPSA) is 54.0 Å². The first-order valence-electron chi connectivity index (χ1n) is 11.8. The number of aromatic nitrogens is 1. The van der Waals surface area contributed by atoms with E-state index in [4.69, 9.17) is 4.98 Å². The van der Waals surface area contributed by atoms with Crippen LogP contribution in [0, 0.1) is 0 Å². The molecule has 0 atom stereocenters. The largest absolute Gasteiger partial charge is 0.367 e. The quantitative estimate of drug-likeness (QED) is 0.396. The van der Waals surface area contributed by atoms with Crippen molar-refractivity contribution in [1.82, 2.24) is 10.3 Å². The van der Waals surface area contributed by atoms with Gasteiger partial charge in [0.25, 0.3) is 0 Å². The molecule has 1 aliphatic carbocycles. The standard InChI is InChI=1S/C29H29N3O/c33-29(28(22-10-3-1-4-11-22)23-12-5-2-6-13-23)31-25-18-16-24(17-19-25)30-27-20-15-21-9-7-8-14-26(21)32-27/h1-15,20,24-25,28H,16-19H2,(H,30,32)(H,31,33)/t24-,25+. The normalized spacial score (nSPS) is 18.2. The Balaban J connectivity index is 1.21. The summed E-state index contributed by atoms with van der Waals surface area (Å²) in [4.78, 5) is 18.1. The van der Waals surface area contributed by atoms with E-state index in [2.05, 4.69) is 28.8 Å². The highest BCUT2D eigenvalue weighted by atomic mass is 16.1. The van der Waals surface area contributed by atoms with Crippen molar-refractivity contribution in [2.45, 2.75) is 43.7 Å². The number of fused-ring (bicyclic) bond motifs is 1. The van der Waals surface area contributed by atoms with Gasteiger partial charge in [-0.05, 0) is 55.0 Å². The minimum absolute atomic E-state index is 0.0833. The number of para-hydroxylation sites is 1. The molecular formula is C29H29N3O. The average molecular weight is 436 g/mol. The van der Waals surface area contributed by atoms with E-state index in [0.717, 1.165) is 53.5 Å². The van der Waals surface area contributed by atoms with Gasteiger partial charge < -0.3 is 10.6 Å². The van der Waals surface area contributed by atoms with E-state index in [0.29, 0.717) is 6.04 Å². The van der Waals surface area contributed by atoms with Gasteiger partial charge >= 0.3 is 0 Å². The molecule has 2 N–H and O–H groups in total. The summed E-state index contributed by atoms with van der Waals surface area (Å²) in [5.74, 6) is 0.722. The van der Waals surface area contributed by atoms with Gasteiger partial charge in [0.1, 0.15) is 5.82 Å². The molecule has 4 aromatic rings. The highest BCUT2D eigenvalue weighted by Crippen LogP contribution is 2.27. The van der Waals surface area contributed by atoms with Gasteiger partial charge in [0.15, 0.2) is 0 Å². The molecule has 5 rings (SSSR count). The Kier molecular flexibility index (Phi) is 6.34. The number of hydrogen-bond acceptors (Lipinski definition) is 3. The van der Waals surface area contributed by atoms with Crippen LogP contribution in [0.3, 0.4) is 0 Å². The van der Waals surface area contributed by atoms with Crippen LogP contribution in [0.5, 0.6) is 0 Å². The maximum Gasteiger partial charge on any atom is 0.232 e. The zero-order valence-corrected chi connectivity index (χ0v) is 18.7. The van der Waals surface area contributed by atoms with E-state index in [-0.39, 0.29) is 17.9 Å². The van der Waals surface area contributed by atoms with Crippen molar-refractivity contribution < 1.29 is 4.79 Å². The summed E-state index contributed by atoms with van der Waals surface area (Å²) in [6, 6.07) is 33.0. The number of rotatable bonds is 6. The van der Waals surface area contributed by atoms with Gasteiger partial charge in [0, 0.05) is 17.5 Å². The minimum Gasteiger partial charge on any atom is -0.367 e. The van der Waals surface area contributed by atoms with Crippen LogP contribution >= 0.6 is 0 Å². The number of nitrogens with one attached hydrogen (secondary N) is 2. The molecule has 166 valence electrons. The van der Waals surface area contributed by atoms with Crippen molar-refractivity contribution in [3.63, 3.8) is 0 Å². The predicted octanol–water partition coefficient (Wildman–Crippen LogP) is 5.91. The third kappa shape index (κ3) is 5.06. The molecule has 1 fully saturated rings. The number of nitrogens with zero attached hydrogens (tertiary/aromatic N) is 1. The summed E-state index contributed by atoms with van der Waals surface area (Å²) in [5.41, 5.74) is 3.06. The van der Waals surface area contributed by atoms with Crippen LogP contribution in [-0.4, -0.2) is 23.0 Å². The fourth-order valence-electron chi connectivity index (χ4n) is 4.81. The summed E-state index contributed by atoms with van der Waals surface area (Å²) in [5, 5.41) is 8.09. The molecule has 0 aliphatic heterocycles. The zero-order valence-electron chi connectivity index (χ0n) is 18.7. The second-order valence-electron chi connectivity index (χ2n) is 8.85. The summed E-state index contributed by atoms with van der Waals surface area (Å²) >= 11 is 0. The molecule has 0 bridgehead atoms. The molecule has 0 saturated heterocycles. The zero-order chi connectivity index (χ0) is 22.5.